The third kappa shape index (κ3) is 4.72. The van der Waals surface area contributed by atoms with Gasteiger partial charge in [0.05, 0.1) is 6.61 Å². The van der Waals surface area contributed by atoms with Gasteiger partial charge in [-0.3, -0.25) is 0 Å². The van der Waals surface area contributed by atoms with Crippen molar-refractivity contribution in [2.24, 2.45) is 0 Å². The van der Waals surface area contributed by atoms with Crippen molar-refractivity contribution in [1.82, 2.24) is 15.3 Å². The molecule has 0 atom stereocenters. The SMILES string of the molecule is CCCOc1cc(C)nc(Oc2ccc(CNC)cc2)n1. The fourth-order valence-electron chi connectivity index (χ4n) is 1.82. The predicted octanol–water partition coefficient (Wildman–Crippen LogP) is 3.09. The Kier molecular flexibility index (Phi) is 5.51. The molecule has 0 saturated heterocycles. The molecule has 0 aliphatic heterocycles. The van der Waals surface area contributed by atoms with E-state index in [1.165, 1.54) is 5.56 Å². The van der Waals surface area contributed by atoms with E-state index in [9.17, 15) is 0 Å². The van der Waals surface area contributed by atoms with E-state index in [0.717, 1.165) is 18.7 Å². The highest BCUT2D eigenvalue weighted by Crippen LogP contribution is 2.21. The Hall–Kier alpha value is -2.14. The van der Waals surface area contributed by atoms with Crippen LogP contribution in [0.4, 0.5) is 0 Å². The van der Waals surface area contributed by atoms with E-state index in [-0.39, 0.29) is 0 Å². The van der Waals surface area contributed by atoms with E-state index in [1.807, 2.05) is 38.2 Å². The molecule has 2 rings (SSSR count). The van der Waals surface area contributed by atoms with Crippen molar-refractivity contribution >= 4 is 0 Å². The highest BCUT2D eigenvalue weighted by molar-refractivity contribution is 5.30. The van der Waals surface area contributed by atoms with Crippen LogP contribution in [0.3, 0.4) is 0 Å². The van der Waals surface area contributed by atoms with Gasteiger partial charge in [-0.2, -0.15) is 9.97 Å². The molecule has 0 aliphatic rings. The number of rotatable bonds is 7. The minimum absolute atomic E-state index is 0.308. The predicted molar refractivity (Wildman–Crippen MR) is 81.8 cm³/mol. The number of aryl methyl sites for hydroxylation is 1. The lowest BCUT2D eigenvalue weighted by Gasteiger charge is -2.08. The van der Waals surface area contributed by atoms with Crippen LogP contribution < -0.4 is 14.8 Å². The van der Waals surface area contributed by atoms with Crippen LogP contribution >= 0.6 is 0 Å². The Morgan fingerprint density at radius 3 is 2.57 bits per heavy atom. The molecular formula is C16H21N3O2. The monoisotopic (exact) mass is 287 g/mol. The molecule has 21 heavy (non-hydrogen) atoms. The fraction of sp³-hybridized carbons (Fsp3) is 0.375. The van der Waals surface area contributed by atoms with Gasteiger partial charge in [-0.15, -0.1) is 0 Å². The molecule has 5 nitrogen and oxygen atoms in total. The van der Waals surface area contributed by atoms with Gasteiger partial charge < -0.3 is 14.8 Å². The third-order valence-electron chi connectivity index (χ3n) is 2.78. The first-order valence-electron chi connectivity index (χ1n) is 7.11. The first-order valence-corrected chi connectivity index (χ1v) is 7.11. The zero-order valence-electron chi connectivity index (χ0n) is 12.7. The van der Waals surface area contributed by atoms with E-state index >= 15 is 0 Å². The van der Waals surface area contributed by atoms with Crippen molar-refractivity contribution in [3.63, 3.8) is 0 Å². The minimum atomic E-state index is 0.308. The normalized spacial score (nSPS) is 10.4. The smallest absolute Gasteiger partial charge is 0.325 e. The minimum Gasteiger partial charge on any atom is -0.478 e. The fourth-order valence-corrected chi connectivity index (χ4v) is 1.82. The van der Waals surface area contributed by atoms with Crippen LogP contribution in [0, 0.1) is 6.92 Å². The Morgan fingerprint density at radius 1 is 1.14 bits per heavy atom. The summed E-state index contributed by atoms with van der Waals surface area (Å²) in [5.41, 5.74) is 2.01. The molecule has 0 unspecified atom stereocenters. The van der Waals surface area contributed by atoms with Gasteiger partial charge in [-0.25, -0.2) is 0 Å². The molecule has 0 fully saturated rings. The summed E-state index contributed by atoms with van der Waals surface area (Å²) in [5.74, 6) is 1.26. The average Bonchev–Trinajstić information content (AvgIpc) is 2.47. The van der Waals surface area contributed by atoms with Crippen molar-refractivity contribution in [1.29, 1.82) is 0 Å². The number of hydrogen-bond acceptors (Lipinski definition) is 5. The highest BCUT2D eigenvalue weighted by Gasteiger charge is 2.06. The molecule has 0 amide bonds. The van der Waals surface area contributed by atoms with E-state index < -0.39 is 0 Å². The van der Waals surface area contributed by atoms with Crippen LogP contribution in [-0.2, 0) is 6.54 Å². The lowest BCUT2D eigenvalue weighted by molar-refractivity contribution is 0.298. The molecule has 112 valence electrons. The van der Waals surface area contributed by atoms with Crippen molar-refractivity contribution in [3.05, 3.63) is 41.6 Å². The zero-order valence-corrected chi connectivity index (χ0v) is 12.7. The van der Waals surface area contributed by atoms with E-state index in [4.69, 9.17) is 9.47 Å². The Labute approximate surface area is 125 Å². The van der Waals surface area contributed by atoms with Gasteiger partial charge in [0.1, 0.15) is 5.75 Å². The first-order chi connectivity index (χ1) is 10.2. The van der Waals surface area contributed by atoms with Crippen LogP contribution in [0.15, 0.2) is 30.3 Å². The second kappa shape index (κ2) is 7.59. The lowest BCUT2D eigenvalue weighted by atomic mass is 10.2. The molecule has 1 N–H and O–H groups in total. The summed E-state index contributed by atoms with van der Waals surface area (Å²) in [7, 11) is 1.92. The number of nitrogens with one attached hydrogen (secondary N) is 1. The maximum atomic E-state index is 5.69. The summed E-state index contributed by atoms with van der Waals surface area (Å²) in [6.45, 7) is 5.41. The molecule has 2 aromatic rings. The molecular weight excluding hydrogens is 266 g/mol. The lowest BCUT2D eigenvalue weighted by Crippen LogP contribution is -2.04. The van der Waals surface area contributed by atoms with Crippen LogP contribution in [0.2, 0.25) is 0 Å². The summed E-state index contributed by atoms with van der Waals surface area (Å²) < 4.78 is 11.2. The summed E-state index contributed by atoms with van der Waals surface area (Å²) in [6.07, 6.45) is 0.937. The number of hydrogen-bond donors (Lipinski definition) is 1. The summed E-state index contributed by atoms with van der Waals surface area (Å²) in [5, 5.41) is 3.11. The van der Waals surface area contributed by atoms with Gasteiger partial charge >= 0.3 is 6.01 Å². The van der Waals surface area contributed by atoms with Crippen LogP contribution in [-0.4, -0.2) is 23.6 Å². The van der Waals surface area contributed by atoms with Gasteiger partial charge in [-0.1, -0.05) is 19.1 Å². The van der Waals surface area contributed by atoms with Gasteiger partial charge in [0.15, 0.2) is 0 Å². The molecule has 0 aliphatic carbocycles. The standard InChI is InChI=1S/C16H21N3O2/c1-4-9-20-15-10-12(2)18-16(19-15)21-14-7-5-13(6-8-14)11-17-3/h5-8,10,17H,4,9,11H2,1-3H3. The van der Waals surface area contributed by atoms with Gasteiger partial charge in [-0.05, 0) is 38.1 Å². The average molecular weight is 287 g/mol. The number of ether oxygens (including phenoxy) is 2. The molecule has 0 bridgehead atoms. The maximum Gasteiger partial charge on any atom is 0.325 e. The summed E-state index contributed by atoms with van der Waals surface area (Å²) in [4.78, 5) is 8.53. The van der Waals surface area contributed by atoms with E-state index in [0.29, 0.717) is 24.2 Å². The van der Waals surface area contributed by atoms with Crippen LogP contribution in [0.25, 0.3) is 0 Å². The topological polar surface area (TPSA) is 56.3 Å². The second-order valence-electron chi connectivity index (χ2n) is 4.75. The van der Waals surface area contributed by atoms with Crippen molar-refractivity contribution in [3.8, 4) is 17.6 Å². The highest BCUT2D eigenvalue weighted by atomic mass is 16.5. The second-order valence-corrected chi connectivity index (χ2v) is 4.75. The van der Waals surface area contributed by atoms with Gasteiger partial charge in [0.2, 0.25) is 5.88 Å². The van der Waals surface area contributed by atoms with E-state index in [1.54, 1.807) is 6.07 Å². The summed E-state index contributed by atoms with van der Waals surface area (Å²) in [6, 6.07) is 9.95. The molecule has 5 heteroatoms. The zero-order chi connectivity index (χ0) is 15.1. The number of nitrogens with zero attached hydrogens (tertiary/aromatic N) is 2. The first kappa shape index (κ1) is 15.3. The molecule has 0 radical (unpaired) electrons. The van der Waals surface area contributed by atoms with Crippen molar-refractivity contribution in [2.45, 2.75) is 26.8 Å². The third-order valence-corrected chi connectivity index (χ3v) is 2.78. The quantitative estimate of drug-likeness (QED) is 0.848. The van der Waals surface area contributed by atoms with Gasteiger partial charge in [0, 0.05) is 18.3 Å². The molecule has 0 saturated carbocycles. The molecule has 0 spiro atoms. The largest absolute Gasteiger partial charge is 0.478 e. The van der Waals surface area contributed by atoms with E-state index in [2.05, 4.69) is 22.2 Å². The molecule has 1 aromatic carbocycles. The Morgan fingerprint density at radius 2 is 1.90 bits per heavy atom. The number of benzene rings is 1. The van der Waals surface area contributed by atoms with Crippen molar-refractivity contribution in [2.75, 3.05) is 13.7 Å². The summed E-state index contributed by atoms with van der Waals surface area (Å²) >= 11 is 0. The van der Waals surface area contributed by atoms with Gasteiger partial charge in [0.25, 0.3) is 0 Å². The van der Waals surface area contributed by atoms with Crippen LogP contribution in [0.5, 0.6) is 17.6 Å². The molecule has 1 heterocycles. The number of aromatic nitrogens is 2. The van der Waals surface area contributed by atoms with Crippen molar-refractivity contribution < 1.29 is 9.47 Å². The molecule has 1 aromatic heterocycles. The maximum absolute atomic E-state index is 5.69. The van der Waals surface area contributed by atoms with Crippen LogP contribution in [0.1, 0.15) is 24.6 Å². The Bertz CT molecular complexity index is 570. The Balaban J connectivity index is 2.09.